The van der Waals surface area contributed by atoms with Gasteiger partial charge in [0.1, 0.15) is 11.5 Å². The summed E-state index contributed by atoms with van der Waals surface area (Å²) in [5.74, 6) is 1.40. The average Bonchev–Trinajstić information content (AvgIpc) is 3.21. The summed E-state index contributed by atoms with van der Waals surface area (Å²) in [5, 5.41) is 3.33. The first kappa shape index (κ1) is 20.8. The number of anilines is 2. The summed E-state index contributed by atoms with van der Waals surface area (Å²) in [4.78, 5) is 26.7. The molecule has 0 aromatic heterocycles. The molecule has 0 spiro atoms. The number of nitrogens with zero attached hydrogens (tertiary/aromatic N) is 1. The third kappa shape index (κ3) is 4.81. The largest absolute Gasteiger partial charge is 0.497 e. The van der Waals surface area contributed by atoms with Gasteiger partial charge >= 0.3 is 0 Å². The molecule has 2 amide bonds. The predicted octanol–water partition coefficient (Wildman–Crippen LogP) is 5.52. The number of halogens is 1. The van der Waals surface area contributed by atoms with E-state index in [0.29, 0.717) is 52.2 Å². The van der Waals surface area contributed by atoms with Crippen molar-refractivity contribution in [3.05, 3.63) is 77.3 Å². The van der Waals surface area contributed by atoms with E-state index in [9.17, 15) is 9.59 Å². The molecular weight excluding hydrogens is 416 g/mol. The van der Waals surface area contributed by atoms with E-state index in [1.165, 1.54) is 0 Å². The van der Waals surface area contributed by atoms with E-state index in [2.05, 4.69) is 5.32 Å². The van der Waals surface area contributed by atoms with Crippen LogP contribution in [0.4, 0.5) is 11.4 Å². The fourth-order valence-corrected chi connectivity index (χ4v) is 3.58. The Labute approximate surface area is 185 Å². The van der Waals surface area contributed by atoms with Crippen molar-refractivity contribution in [1.29, 1.82) is 0 Å². The molecule has 3 aromatic carbocycles. The van der Waals surface area contributed by atoms with E-state index in [1.54, 1.807) is 60.5 Å². The lowest BCUT2D eigenvalue weighted by atomic mass is 10.1. The minimum atomic E-state index is -0.328. The van der Waals surface area contributed by atoms with Crippen molar-refractivity contribution < 1.29 is 19.1 Å². The molecule has 3 aromatic rings. The molecule has 1 N–H and O–H groups in total. The topological polar surface area (TPSA) is 67.9 Å². The Hall–Kier alpha value is -3.51. The van der Waals surface area contributed by atoms with Gasteiger partial charge in [-0.3, -0.25) is 9.59 Å². The first-order valence-electron chi connectivity index (χ1n) is 9.87. The van der Waals surface area contributed by atoms with Gasteiger partial charge in [0.2, 0.25) is 5.91 Å². The molecule has 7 heteroatoms. The number of nitrogens with one attached hydrogen (secondary N) is 1. The van der Waals surface area contributed by atoms with Crippen molar-refractivity contribution >= 4 is 34.8 Å². The Morgan fingerprint density at radius 1 is 1.03 bits per heavy atom. The molecule has 1 heterocycles. The molecule has 0 bridgehead atoms. The number of carbonyl (C=O) groups is 2. The Morgan fingerprint density at radius 2 is 1.84 bits per heavy atom. The van der Waals surface area contributed by atoms with Crippen molar-refractivity contribution in [3.8, 4) is 17.2 Å². The summed E-state index contributed by atoms with van der Waals surface area (Å²) in [7, 11) is 1.58. The second-order valence-corrected chi connectivity index (χ2v) is 7.51. The molecule has 1 aliphatic rings. The van der Waals surface area contributed by atoms with Crippen LogP contribution in [-0.2, 0) is 4.79 Å². The van der Waals surface area contributed by atoms with Gasteiger partial charge in [0.15, 0.2) is 5.75 Å². The number of carbonyl (C=O) groups excluding carboxylic acids is 2. The monoisotopic (exact) mass is 436 g/mol. The third-order valence-electron chi connectivity index (χ3n) is 4.95. The molecule has 158 valence electrons. The SMILES string of the molecule is COc1cccc(Oc2ccc(Cl)cc2NC(=O)c2cccc(N3CCCC3=O)c2)c1. The Balaban J connectivity index is 1.57. The minimum Gasteiger partial charge on any atom is -0.497 e. The maximum Gasteiger partial charge on any atom is 0.255 e. The highest BCUT2D eigenvalue weighted by molar-refractivity contribution is 6.31. The number of ether oxygens (including phenoxy) is 2. The fourth-order valence-electron chi connectivity index (χ4n) is 3.41. The zero-order chi connectivity index (χ0) is 21.8. The van der Waals surface area contributed by atoms with Crippen LogP contribution in [0, 0.1) is 0 Å². The van der Waals surface area contributed by atoms with Crippen LogP contribution in [0.2, 0.25) is 5.02 Å². The zero-order valence-electron chi connectivity index (χ0n) is 16.9. The molecule has 4 rings (SSSR count). The van der Waals surface area contributed by atoms with Gasteiger partial charge in [0.05, 0.1) is 12.8 Å². The van der Waals surface area contributed by atoms with Gasteiger partial charge in [-0.05, 0) is 55.0 Å². The summed E-state index contributed by atoms with van der Waals surface area (Å²) >= 11 is 6.15. The molecule has 31 heavy (non-hydrogen) atoms. The van der Waals surface area contributed by atoms with Gasteiger partial charge in [-0.25, -0.2) is 0 Å². The van der Waals surface area contributed by atoms with Crippen molar-refractivity contribution in [2.24, 2.45) is 0 Å². The van der Waals surface area contributed by atoms with Gasteiger partial charge in [-0.15, -0.1) is 0 Å². The zero-order valence-corrected chi connectivity index (χ0v) is 17.7. The van der Waals surface area contributed by atoms with E-state index in [0.717, 1.165) is 6.42 Å². The number of amides is 2. The number of hydrogen-bond donors (Lipinski definition) is 1. The molecule has 0 aliphatic carbocycles. The second kappa shape index (κ2) is 9.10. The van der Waals surface area contributed by atoms with Crippen LogP contribution < -0.4 is 19.7 Å². The van der Waals surface area contributed by atoms with Gasteiger partial charge < -0.3 is 19.7 Å². The molecule has 1 saturated heterocycles. The fraction of sp³-hybridized carbons (Fsp3) is 0.167. The highest BCUT2D eigenvalue weighted by Gasteiger charge is 2.22. The lowest BCUT2D eigenvalue weighted by Crippen LogP contribution is -2.24. The Kier molecular flexibility index (Phi) is 6.09. The Bertz CT molecular complexity index is 1130. The molecule has 1 aliphatic heterocycles. The first-order chi connectivity index (χ1) is 15.0. The van der Waals surface area contributed by atoms with Crippen LogP contribution in [0.1, 0.15) is 23.2 Å². The molecule has 0 atom stereocenters. The molecule has 0 unspecified atom stereocenters. The van der Waals surface area contributed by atoms with Crippen LogP contribution in [0.25, 0.3) is 0 Å². The van der Waals surface area contributed by atoms with E-state index in [1.807, 2.05) is 18.2 Å². The van der Waals surface area contributed by atoms with Crippen LogP contribution in [0.3, 0.4) is 0 Å². The van der Waals surface area contributed by atoms with Crippen LogP contribution in [0.15, 0.2) is 66.7 Å². The summed E-state index contributed by atoms with van der Waals surface area (Å²) in [6, 6.07) is 19.2. The molecule has 0 saturated carbocycles. The van der Waals surface area contributed by atoms with Crippen molar-refractivity contribution in [1.82, 2.24) is 0 Å². The van der Waals surface area contributed by atoms with Crippen LogP contribution in [0.5, 0.6) is 17.2 Å². The maximum atomic E-state index is 12.9. The highest BCUT2D eigenvalue weighted by atomic mass is 35.5. The predicted molar refractivity (Wildman–Crippen MR) is 121 cm³/mol. The van der Waals surface area contributed by atoms with E-state index >= 15 is 0 Å². The van der Waals surface area contributed by atoms with Gasteiger partial charge in [0, 0.05) is 35.3 Å². The van der Waals surface area contributed by atoms with E-state index in [4.69, 9.17) is 21.1 Å². The van der Waals surface area contributed by atoms with Crippen molar-refractivity contribution in [2.75, 3.05) is 23.9 Å². The molecule has 6 nitrogen and oxygen atoms in total. The molecule has 1 fully saturated rings. The van der Waals surface area contributed by atoms with Gasteiger partial charge in [0.25, 0.3) is 5.91 Å². The highest BCUT2D eigenvalue weighted by Crippen LogP contribution is 2.34. The first-order valence-corrected chi connectivity index (χ1v) is 10.2. The van der Waals surface area contributed by atoms with E-state index in [-0.39, 0.29) is 11.8 Å². The normalized spacial score (nSPS) is 13.2. The van der Waals surface area contributed by atoms with Gasteiger partial charge in [-0.1, -0.05) is 23.7 Å². The maximum absolute atomic E-state index is 12.9. The lowest BCUT2D eigenvalue weighted by Gasteiger charge is -2.17. The quantitative estimate of drug-likeness (QED) is 0.552. The minimum absolute atomic E-state index is 0.0707. The third-order valence-corrected chi connectivity index (χ3v) is 5.19. The van der Waals surface area contributed by atoms with Crippen LogP contribution in [-0.4, -0.2) is 25.5 Å². The standard InChI is InChI=1S/C24H21ClN2O4/c1-30-19-7-3-8-20(15-19)31-22-11-10-17(25)14-21(22)26-24(29)16-5-2-6-18(13-16)27-12-4-9-23(27)28/h2-3,5-8,10-11,13-15H,4,9,12H2,1H3,(H,26,29). The smallest absolute Gasteiger partial charge is 0.255 e. The molecule has 0 radical (unpaired) electrons. The number of rotatable bonds is 6. The number of benzene rings is 3. The lowest BCUT2D eigenvalue weighted by molar-refractivity contribution is -0.117. The summed E-state index contributed by atoms with van der Waals surface area (Å²) in [6.45, 7) is 0.663. The summed E-state index contributed by atoms with van der Waals surface area (Å²) in [5.41, 5.74) is 1.58. The van der Waals surface area contributed by atoms with E-state index < -0.39 is 0 Å². The summed E-state index contributed by atoms with van der Waals surface area (Å²) < 4.78 is 11.2. The van der Waals surface area contributed by atoms with Gasteiger partial charge in [-0.2, -0.15) is 0 Å². The van der Waals surface area contributed by atoms with Crippen molar-refractivity contribution in [3.63, 3.8) is 0 Å². The van der Waals surface area contributed by atoms with Crippen LogP contribution >= 0.6 is 11.6 Å². The van der Waals surface area contributed by atoms with Crippen molar-refractivity contribution in [2.45, 2.75) is 12.8 Å². The molecular formula is C24H21ClN2O4. The summed E-state index contributed by atoms with van der Waals surface area (Å²) in [6.07, 6.45) is 1.35. The number of hydrogen-bond acceptors (Lipinski definition) is 4. The number of methoxy groups -OCH3 is 1. The second-order valence-electron chi connectivity index (χ2n) is 7.07. The Morgan fingerprint density at radius 3 is 2.61 bits per heavy atom. The average molecular weight is 437 g/mol.